The fourth-order valence-corrected chi connectivity index (χ4v) is 3.37. The number of rotatable bonds is 4. The zero-order valence-electron chi connectivity index (χ0n) is 15.5. The molecule has 2 aliphatic heterocycles. The van der Waals surface area contributed by atoms with Gasteiger partial charge < -0.3 is 14.5 Å². The van der Waals surface area contributed by atoms with Crippen LogP contribution in [0.25, 0.3) is 0 Å². The van der Waals surface area contributed by atoms with Crippen molar-refractivity contribution >= 4 is 6.09 Å². The van der Waals surface area contributed by atoms with Crippen LogP contribution in [-0.2, 0) is 11.3 Å². The topological polar surface area (TPSA) is 36.0 Å². The second-order valence-electron chi connectivity index (χ2n) is 7.12. The molecule has 1 aromatic rings. The third-order valence-electron chi connectivity index (χ3n) is 5.17. The molecule has 0 saturated carbocycles. The molecule has 0 bridgehead atoms. The average molecular weight is 361 g/mol. The first-order valence-electron chi connectivity index (χ1n) is 9.35. The molecular formula is C20H28FN3O2. The second kappa shape index (κ2) is 9.14. The van der Waals surface area contributed by atoms with Gasteiger partial charge in [-0.3, -0.25) is 4.90 Å². The Hall–Kier alpha value is -1.92. The summed E-state index contributed by atoms with van der Waals surface area (Å²) >= 11 is 0. The van der Waals surface area contributed by atoms with Crippen LogP contribution in [0, 0.1) is 0 Å². The minimum absolute atomic E-state index is 0.0261. The van der Waals surface area contributed by atoms with E-state index in [0.717, 1.165) is 37.1 Å². The van der Waals surface area contributed by atoms with E-state index >= 15 is 0 Å². The monoisotopic (exact) mass is 361 g/mol. The Morgan fingerprint density at radius 1 is 1.04 bits per heavy atom. The zero-order chi connectivity index (χ0) is 18.4. The summed E-state index contributed by atoms with van der Waals surface area (Å²) in [7, 11) is 2.07. The Balaban J connectivity index is 1.41. The van der Waals surface area contributed by atoms with Crippen LogP contribution in [0.1, 0.15) is 18.4 Å². The molecule has 0 aromatic heterocycles. The molecule has 0 aliphatic carbocycles. The quantitative estimate of drug-likeness (QED) is 0.826. The van der Waals surface area contributed by atoms with Crippen LogP contribution in [-0.4, -0.2) is 73.7 Å². The van der Waals surface area contributed by atoms with Gasteiger partial charge in [-0.1, -0.05) is 30.3 Å². The van der Waals surface area contributed by atoms with Crippen molar-refractivity contribution in [1.29, 1.82) is 0 Å². The molecule has 5 nitrogen and oxygen atoms in total. The van der Waals surface area contributed by atoms with E-state index in [1.165, 1.54) is 0 Å². The van der Waals surface area contributed by atoms with Crippen LogP contribution in [0.2, 0.25) is 0 Å². The molecule has 0 spiro atoms. The first kappa shape index (κ1) is 18.9. The molecule has 0 atom stereocenters. The Kier molecular flexibility index (Phi) is 6.63. The first-order valence-corrected chi connectivity index (χ1v) is 9.35. The molecule has 2 fully saturated rings. The Morgan fingerprint density at radius 2 is 1.69 bits per heavy atom. The Bertz CT molecular complexity index is 617. The number of halogens is 1. The summed E-state index contributed by atoms with van der Waals surface area (Å²) in [6.45, 7) is 5.05. The largest absolute Gasteiger partial charge is 0.445 e. The van der Waals surface area contributed by atoms with Gasteiger partial charge in [0.05, 0.1) is 6.54 Å². The lowest BCUT2D eigenvalue weighted by Crippen LogP contribution is -2.49. The van der Waals surface area contributed by atoms with Gasteiger partial charge in [0.25, 0.3) is 0 Å². The van der Waals surface area contributed by atoms with Gasteiger partial charge in [-0.15, -0.1) is 0 Å². The number of carbonyl (C=O) groups is 1. The maximum atomic E-state index is 14.5. The summed E-state index contributed by atoms with van der Waals surface area (Å²) in [5.74, 6) is 0.0261. The molecule has 0 radical (unpaired) electrons. The van der Waals surface area contributed by atoms with Gasteiger partial charge in [0.2, 0.25) is 0 Å². The number of piperazine rings is 1. The zero-order valence-corrected chi connectivity index (χ0v) is 15.5. The van der Waals surface area contributed by atoms with Gasteiger partial charge in [0.15, 0.2) is 0 Å². The number of likely N-dealkylation sites (tertiary alicyclic amines) is 1. The molecule has 26 heavy (non-hydrogen) atoms. The van der Waals surface area contributed by atoms with Crippen molar-refractivity contribution in [2.24, 2.45) is 0 Å². The van der Waals surface area contributed by atoms with Gasteiger partial charge in [-0.25, -0.2) is 9.18 Å². The summed E-state index contributed by atoms with van der Waals surface area (Å²) in [6, 6.07) is 9.66. The van der Waals surface area contributed by atoms with Crippen LogP contribution in [0.3, 0.4) is 0 Å². The third kappa shape index (κ3) is 5.29. The fourth-order valence-electron chi connectivity index (χ4n) is 3.37. The molecule has 2 saturated heterocycles. The molecule has 2 aliphatic rings. The fraction of sp³-hybridized carbons (Fsp3) is 0.550. The number of carbonyl (C=O) groups excluding carboxylic acids is 1. The molecular weight excluding hydrogens is 333 g/mol. The number of ether oxygens (including phenoxy) is 1. The Labute approximate surface area is 155 Å². The van der Waals surface area contributed by atoms with Crippen molar-refractivity contribution < 1.29 is 13.9 Å². The highest BCUT2D eigenvalue weighted by molar-refractivity contribution is 5.67. The minimum atomic E-state index is -0.289. The van der Waals surface area contributed by atoms with Crippen LogP contribution in [0.5, 0.6) is 0 Å². The predicted octanol–water partition coefficient (Wildman–Crippen LogP) is 2.89. The van der Waals surface area contributed by atoms with Crippen LogP contribution >= 0.6 is 0 Å². The smallest absolute Gasteiger partial charge is 0.410 e. The van der Waals surface area contributed by atoms with Gasteiger partial charge >= 0.3 is 6.09 Å². The molecule has 6 heteroatoms. The van der Waals surface area contributed by atoms with Crippen molar-refractivity contribution in [2.75, 3.05) is 52.9 Å². The number of hydrogen-bond donors (Lipinski definition) is 0. The summed E-state index contributed by atoms with van der Waals surface area (Å²) in [5.41, 5.74) is 1.94. The number of hydrogen-bond acceptors (Lipinski definition) is 4. The van der Waals surface area contributed by atoms with Crippen LogP contribution < -0.4 is 0 Å². The summed E-state index contributed by atoms with van der Waals surface area (Å²) in [6.07, 6.45) is 1.37. The second-order valence-corrected chi connectivity index (χ2v) is 7.12. The number of nitrogens with zero attached hydrogens (tertiary/aromatic N) is 3. The van der Waals surface area contributed by atoms with Gasteiger partial charge in [0.1, 0.15) is 12.4 Å². The lowest BCUT2D eigenvalue weighted by molar-refractivity contribution is 0.0725. The third-order valence-corrected chi connectivity index (χ3v) is 5.17. The maximum Gasteiger partial charge on any atom is 0.410 e. The van der Waals surface area contributed by atoms with E-state index in [0.29, 0.717) is 32.7 Å². The molecule has 0 N–H and O–H groups in total. The highest BCUT2D eigenvalue weighted by Crippen LogP contribution is 2.21. The van der Waals surface area contributed by atoms with E-state index in [1.807, 2.05) is 30.3 Å². The van der Waals surface area contributed by atoms with Gasteiger partial charge in [0, 0.05) is 39.3 Å². The standard InChI is InChI=1S/C20H28FN3O2/c1-22-9-7-18(8-10-22)19(21)15-23-11-13-24(14-12-23)20(25)26-16-17-5-3-2-4-6-17/h2-6H,7-16H2,1H3. The molecule has 142 valence electrons. The number of benzene rings is 1. The van der Waals surface area contributed by atoms with E-state index in [9.17, 15) is 9.18 Å². The SMILES string of the molecule is CN1CCC(=C(F)CN2CCN(C(=O)OCc3ccccc3)CC2)CC1. The van der Waals surface area contributed by atoms with Crippen molar-refractivity contribution in [2.45, 2.75) is 19.4 Å². The lowest BCUT2D eigenvalue weighted by Gasteiger charge is -2.34. The van der Waals surface area contributed by atoms with Crippen LogP contribution in [0.4, 0.5) is 9.18 Å². The van der Waals surface area contributed by atoms with E-state index < -0.39 is 0 Å². The highest BCUT2D eigenvalue weighted by atomic mass is 19.1. The highest BCUT2D eigenvalue weighted by Gasteiger charge is 2.24. The molecule has 3 rings (SSSR count). The summed E-state index contributed by atoms with van der Waals surface area (Å²) in [5, 5.41) is 0. The normalized spacial score (nSPS) is 19.5. The lowest BCUT2D eigenvalue weighted by atomic mass is 10.0. The van der Waals surface area contributed by atoms with Crippen molar-refractivity contribution in [1.82, 2.24) is 14.7 Å². The number of amides is 1. The van der Waals surface area contributed by atoms with Crippen molar-refractivity contribution in [3.8, 4) is 0 Å². The van der Waals surface area contributed by atoms with E-state index in [4.69, 9.17) is 4.74 Å². The van der Waals surface area contributed by atoms with E-state index in [1.54, 1.807) is 4.90 Å². The first-order chi connectivity index (χ1) is 12.6. The molecule has 1 amide bonds. The Morgan fingerprint density at radius 3 is 2.35 bits per heavy atom. The molecule has 2 heterocycles. The van der Waals surface area contributed by atoms with E-state index in [-0.39, 0.29) is 18.5 Å². The van der Waals surface area contributed by atoms with Crippen LogP contribution in [0.15, 0.2) is 41.7 Å². The van der Waals surface area contributed by atoms with Gasteiger partial charge in [-0.2, -0.15) is 0 Å². The van der Waals surface area contributed by atoms with Crippen molar-refractivity contribution in [3.05, 3.63) is 47.3 Å². The predicted molar refractivity (Wildman–Crippen MR) is 99.5 cm³/mol. The van der Waals surface area contributed by atoms with Gasteiger partial charge in [-0.05, 0) is 31.0 Å². The number of piperidine rings is 1. The molecule has 0 unspecified atom stereocenters. The summed E-state index contributed by atoms with van der Waals surface area (Å²) < 4.78 is 19.8. The van der Waals surface area contributed by atoms with Crippen molar-refractivity contribution in [3.63, 3.8) is 0 Å². The average Bonchev–Trinajstić information content (AvgIpc) is 2.68. The van der Waals surface area contributed by atoms with E-state index in [2.05, 4.69) is 16.8 Å². The maximum absolute atomic E-state index is 14.5. The molecule has 1 aromatic carbocycles. The minimum Gasteiger partial charge on any atom is -0.445 e. The summed E-state index contributed by atoms with van der Waals surface area (Å²) in [4.78, 5) is 18.2.